The first-order chi connectivity index (χ1) is 11.6. The second kappa shape index (κ2) is 6.78. The summed E-state index contributed by atoms with van der Waals surface area (Å²) in [4.78, 5) is 38.6. The van der Waals surface area contributed by atoms with Crippen molar-refractivity contribution < 1.29 is 9.18 Å². The zero-order valence-corrected chi connectivity index (χ0v) is 12.4. The number of nitrogens with zero attached hydrogens (tertiary/aromatic N) is 3. The molecule has 0 spiro atoms. The number of rotatable bonds is 4. The van der Waals surface area contributed by atoms with E-state index in [1.165, 1.54) is 36.9 Å². The molecule has 2 heterocycles. The molecule has 24 heavy (non-hydrogen) atoms. The highest BCUT2D eigenvalue weighted by Crippen LogP contribution is 2.07. The van der Waals surface area contributed by atoms with E-state index >= 15 is 0 Å². The summed E-state index contributed by atoms with van der Waals surface area (Å²) >= 11 is 0. The zero-order chi connectivity index (χ0) is 16.9. The van der Waals surface area contributed by atoms with Crippen molar-refractivity contribution in [1.82, 2.24) is 25.3 Å². The molecule has 0 unspecified atom stereocenters. The number of benzene rings is 1. The Morgan fingerprint density at radius 2 is 1.92 bits per heavy atom. The molecule has 2 aromatic heterocycles. The molecular weight excluding hydrogens is 313 g/mol. The average Bonchev–Trinajstić information content (AvgIpc) is 2.61. The van der Waals surface area contributed by atoms with E-state index in [2.05, 4.69) is 25.3 Å². The Hall–Kier alpha value is -3.42. The van der Waals surface area contributed by atoms with Gasteiger partial charge in [-0.05, 0) is 17.7 Å². The fourth-order valence-electron chi connectivity index (χ4n) is 1.99. The zero-order valence-electron chi connectivity index (χ0n) is 12.4. The Balaban J connectivity index is 1.73. The van der Waals surface area contributed by atoms with E-state index < -0.39 is 11.5 Å². The predicted molar refractivity (Wildman–Crippen MR) is 83.5 cm³/mol. The van der Waals surface area contributed by atoms with Gasteiger partial charge in [0.05, 0.1) is 6.20 Å². The van der Waals surface area contributed by atoms with Crippen molar-refractivity contribution in [2.45, 2.75) is 6.54 Å². The average molecular weight is 325 g/mol. The summed E-state index contributed by atoms with van der Waals surface area (Å²) in [6.45, 7) is 0.171. The molecule has 8 heteroatoms. The summed E-state index contributed by atoms with van der Waals surface area (Å²) in [7, 11) is 0. The van der Waals surface area contributed by atoms with Crippen molar-refractivity contribution in [3.63, 3.8) is 0 Å². The van der Waals surface area contributed by atoms with Crippen LogP contribution in [0, 0.1) is 5.82 Å². The lowest BCUT2D eigenvalue weighted by molar-refractivity contribution is 0.0949. The number of H-pyrrole nitrogens is 1. The van der Waals surface area contributed by atoms with Crippen LogP contribution >= 0.6 is 0 Å². The third-order valence-electron chi connectivity index (χ3n) is 3.22. The van der Waals surface area contributed by atoms with Gasteiger partial charge in [0.25, 0.3) is 11.5 Å². The van der Waals surface area contributed by atoms with Crippen molar-refractivity contribution in [3.8, 4) is 11.5 Å². The monoisotopic (exact) mass is 325 g/mol. The molecule has 2 N–H and O–H groups in total. The summed E-state index contributed by atoms with van der Waals surface area (Å²) in [5.74, 6) is -0.702. The number of carbonyl (C=O) groups excluding carboxylic acids is 1. The summed E-state index contributed by atoms with van der Waals surface area (Å²) in [5, 5.41) is 2.59. The van der Waals surface area contributed by atoms with E-state index in [0.29, 0.717) is 11.3 Å². The predicted octanol–water partition coefficient (Wildman–Crippen LogP) is 1.30. The molecule has 0 aliphatic heterocycles. The molecule has 0 radical (unpaired) electrons. The van der Waals surface area contributed by atoms with Crippen LogP contribution < -0.4 is 10.9 Å². The molecule has 120 valence electrons. The van der Waals surface area contributed by atoms with Crippen LogP contribution in [0.25, 0.3) is 11.5 Å². The quantitative estimate of drug-likeness (QED) is 0.753. The Labute approximate surface area is 135 Å². The highest BCUT2D eigenvalue weighted by molar-refractivity contribution is 5.93. The Morgan fingerprint density at radius 3 is 2.58 bits per heavy atom. The lowest BCUT2D eigenvalue weighted by atomic mass is 10.2. The van der Waals surface area contributed by atoms with E-state index in [9.17, 15) is 14.0 Å². The lowest BCUT2D eigenvalue weighted by Gasteiger charge is -2.05. The van der Waals surface area contributed by atoms with Gasteiger partial charge in [-0.2, -0.15) is 0 Å². The third-order valence-corrected chi connectivity index (χ3v) is 3.22. The number of amides is 1. The molecule has 0 fully saturated rings. The van der Waals surface area contributed by atoms with Gasteiger partial charge in [-0.3, -0.25) is 14.6 Å². The minimum atomic E-state index is -0.581. The SMILES string of the molecule is O=C(NCc1ccc(F)cc1)c1cnc(-c2cnccn2)[nH]c1=O. The molecule has 0 aliphatic rings. The second-order valence-corrected chi connectivity index (χ2v) is 4.87. The molecule has 3 aromatic rings. The van der Waals surface area contributed by atoms with Crippen molar-refractivity contribution in [2.75, 3.05) is 0 Å². The molecule has 1 amide bonds. The van der Waals surface area contributed by atoms with Gasteiger partial charge in [0, 0.05) is 25.1 Å². The first-order valence-corrected chi connectivity index (χ1v) is 7.02. The van der Waals surface area contributed by atoms with Crippen molar-refractivity contribution in [2.24, 2.45) is 0 Å². The minimum absolute atomic E-state index is 0.121. The van der Waals surface area contributed by atoms with Gasteiger partial charge in [0.2, 0.25) is 0 Å². The fraction of sp³-hybridized carbons (Fsp3) is 0.0625. The van der Waals surface area contributed by atoms with Crippen LogP contribution in [0.2, 0.25) is 0 Å². The van der Waals surface area contributed by atoms with Crippen LogP contribution in [0.5, 0.6) is 0 Å². The summed E-state index contributed by atoms with van der Waals surface area (Å²) in [6, 6.07) is 5.70. The Kier molecular flexibility index (Phi) is 4.37. The molecule has 7 nitrogen and oxygen atoms in total. The van der Waals surface area contributed by atoms with Gasteiger partial charge in [-0.1, -0.05) is 12.1 Å². The number of halogens is 1. The van der Waals surface area contributed by atoms with Gasteiger partial charge in [0.15, 0.2) is 5.82 Å². The van der Waals surface area contributed by atoms with Crippen LogP contribution in [-0.2, 0) is 6.54 Å². The van der Waals surface area contributed by atoms with Gasteiger partial charge in [-0.25, -0.2) is 14.4 Å². The maximum atomic E-state index is 12.8. The number of aromatic amines is 1. The van der Waals surface area contributed by atoms with E-state index in [0.717, 1.165) is 0 Å². The molecule has 0 atom stereocenters. The second-order valence-electron chi connectivity index (χ2n) is 4.87. The summed E-state index contributed by atoms with van der Waals surface area (Å²) in [5.41, 5.74) is 0.408. The molecule has 0 saturated carbocycles. The Morgan fingerprint density at radius 1 is 1.12 bits per heavy atom. The van der Waals surface area contributed by atoms with Crippen molar-refractivity contribution in [3.05, 3.63) is 76.4 Å². The smallest absolute Gasteiger partial charge is 0.264 e. The van der Waals surface area contributed by atoms with Gasteiger partial charge < -0.3 is 10.3 Å². The van der Waals surface area contributed by atoms with E-state index in [1.807, 2.05) is 0 Å². The molecule has 0 saturated heterocycles. The highest BCUT2D eigenvalue weighted by atomic mass is 19.1. The number of aromatic nitrogens is 4. The molecule has 1 aromatic carbocycles. The van der Waals surface area contributed by atoms with Crippen LogP contribution in [0.15, 0.2) is 53.8 Å². The van der Waals surface area contributed by atoms with E-state index in [-0.39, 0.29) is 23.7 Å². The van der Waals surface area contributed by atoms with Gasteiger partial charge in [-0.15, -0.1) is 0 Å². The van der Waals surface area contributed by atoms with Crippen molar-refractivity contribution in [1.29, 1.82) is 0 Å². The molecular formula is C16H12FN5O2. The van der Waals surface area contributed by atoms with E-state index in [1.54, 1.807) is 12.1 Å². The molecule has 0 bridgehead atoms. The third kappa shape index (κ3) is 3.49. The van der Waals surface area contributed by atoms with Crippen LogP contribution in [0.4, 0.5) is 4.39 Å². The number of carbonyl (C=O) groups is 1. The lowest BCUT2D eigenvalue weighted by Crippen LogP contribution is -2.29. The molecule has 0 aliphatic carbocycles. The standard InChI is InChI=1S/C16H12FN5O2/c17-11-3-1-10(2-4-11)7-21-15(23)12-8-20-14(22-16(12)24)13-9-18-5-6-19-13/h1-6,8-9H,7H2,(H,21,23)(H,20,22,24). The maximum absolute atomic E-state index is 12.8. The summed E-state index contributed by atoms with van der Waals surface area (Å²) in [6.07, 6.45) is 5.60. The van der Waals surface area contributed by atoms with E-state index in [4.69, 9.17) is 0 Å². The largest absolute Gasteiger partial charge is 0.348 e. The van der Waals surface area contributed by atoms with Gasteiger partial charge in [0.1, 0.15) is 17.1 Å². The van der Waals surface area contributed by atoms with Gasteiger partial charge >= 0.3 is 0 Å². The first kappa shape index (κ1) is 15.5. The topological polar surface area (TPSA) is 101 Å². The van der Waals surface area contributed by atoms with Crippen LogP contribution in [0.1, 0.15) is 15.9 Å². The number of hydrogen-bond acceptors (Lipinski definition) is 5. The number of hydrogen-bond donors (Lipinski definition) is 2. The number of nitrogens with one attached hydrogen (secondary N) is 2. The van der Waals surface area contributed by atoms with Crippen molar-refractivity contribution >= 4 is 5.91 Å². The summed E-state index contributed by atoms with van der Waals surface area (Å²) < 4.78 is 12.8. The first-order valence-electron chi connectivity index (χ1n) is 7.02. The maximum Gasteiger partial charge on any atom is 0.264 e. The Bertz CT molecular complexity index is 910. The minimum Gasteiger partial charge on any atom is -0.348 e. The van der Waals surface area contributed by atoms with Crippen LogP contribution in [-0.4, -0.2) is 25.8 Å². The van der Waals surface area contributed by atoms with Crippen LogP contribution in [0.3, 0.4) is 0 Å². The molecule has 3 rings (SSSR count). The normalized spacial score (nSPS) is 10.4. The highest BCUT2D eigenvalue weighted by Gasteiger charge is 2.12. The fourth-order valence-corrected chi connectivity index (χ4v) is 1.99.